The van der Waals surface area contributed by atoms with Crippen LogP contribution in [0.4, 0.5) is 0 Å². The number of esters is 1. The highest BCUT2D eigenvalue weighted by molar-refractivity contribution is 6.13. The van der Waals surface area contributed by atoms with Crippen molar-refractivity contribution in [2.75, 3.05) is 0 Å². The number of hydrogen-bond acceptors (Lipinski definition) is 3. The molecule has 1 heterocycles. The summed E-state index contributed by atoms with van der Waals surface area (Å²) < 4.78 is 5.53. The molecule has 2 aromatic rings. The van der Waals surface area contributed by atoms with Crippen molar-refractivity contribution >= 4 is 22.5 Å². The van der Waals surface area contributed by atoms with Crippen LogP contribution in [-0.2, 0) is 19.7 Å². The highest BCUT2D eigenvalue weighted by Crippen LogP contribution is 2.46. The molecule has 114 valence electrons. The summed E-state index contributed by atoms with van der Waals surface area (Å²) in [6.07, 6.45) is 0.702. The molecular formula is C19H20O3. The number of fused-ring (bicyclic) bond motifs is 1. The maximum Gasteiger partial charge on any atom is 0.324 e. The molecule has 1 fully saturated rings. The number of carbonyl (C=O) groups is 2. The van der Waals surface area contributed by atoms with Crippen LogP contribution in [0.25, 0.3) is 10.8 Å². The third kappa shape index (κ3) is 2.04. The molecule has 3 rings (SSSR count). The van der Waals surface area contributed by atoms with Crippen LogP contribution < -0.4 is 0 Å². The number of cyclic esters (lactones) is 1. The first-order valence-corrected chi connectivity index (χ1v) is 7.66. The van der Waals surface area contributed by atoms with E-state index in [-0.39, 0.29) is 5.78 Å². The number of hydrogen-bond donors (Lipinski definition) is 0. The number of ether oxygens (including phenoxy) is 1. The summed E-state index contributed by atoms with van der Waals surface area (Å²) in [5.41, 5.74) is -1.04. The first-order chi connectivity index (χ1) is 10.4. The Balaban J connectivity index is 2.31. The average molecular weight is 296 g/mol. The largest absolute Gasteiger partial charge is 0.459 e. The summed E-state index contributed by atoms with van der Waals surface area (Å²) in [5.74, 6) is -0.486. The van der Waals surface area contributed by atoms with Crippen molar-refractivity contribution in [3.63, 3.8) is 0 Å². The van der Waals surface area contributed by atoms with Crippen LogP contribution in [0.3, 0.4) is 0 Å². The third-order valence-electron chi connectivity index (χ3n) is 4.45. The minimum atomic E-state index is -1.18. The molecule has 1 aliphatic heterocycles. The van der Waals surface area contributed by atoms with Crippen LogP contribution in [0.5, 0.6) is 0 Å². The average Bonchev–Trinajstić information content (AvgIpc) is 2.76. The van der Waals surface area contributed by atoms with Gasteiger partial charge in [0.25, 0.3) is 0 Å². The van der Waals surface area contributed by atoms with Crippen LogP contribution in [0.1, 0.15) is 39.2 Å². The fourth-order valence-corrected chi connectivity index (χ4v) is 3.55. The van der Waals surface area contributed by atoms with Crippen LogP contribution in [0.2, 0.25) is 0 Å². The van der Waals surface area contributed by atoms with Crippen LogP contribution >= 0.6 is 0 Å². The van der Waals surface area contributed by atoms with E-state index in [0.717, 1.165) is 16.3 Å². The Bertz CT molecular complexity index is 755. The molecule has 0 unspecified atom stereocenters. The predicted molar refractivity (Wildman–Crippen MR) is 85.7 cm³/mol. The number of rotatable bonds is 3. The first kappa shape index (κ1) is 14.8. The molecule has 0 N–H and O–H groups in total. The zero-order valence-electron chi connectivity index (χ0n) is 13.2. The van der Waals surface area contributed by atoms with E-state index in [9.17, 15) is 9.59 Å². The Morgan fingerprint density at radius 3 is 2.45 bits per heavy atom. The van der Waals surface area contributed by atoms with Crippen LogP contribution in [0.15, 0.2) is 42.5 Å². The van der Waals surface area contributed by atoms with Gasteiger partial charge in [0.1, 0.15) is 5.60 Å². The summed E-state index contributed by atoms with van der Waals surface area (Å²) in [5, 5.41) is 1.97. The maximum atomic E-state index is 12.8. The van der Waals surface area contributed by atoms with Gasteiger partial charge in [0.15, 0.2) is 11.2 Å². The lowest BCUT2D eigenvalue weighted by Crippen LogP contribution is -2.40. The lowest BCUT2D eigenvalue weighted by atomic mass is 9.70. The van der Waals surface area contributed by atoms with Gasteiger partial charge in [-0.15, -0.1) is 0 Å². The second kappa shape index (κ2) is 4.94. The molecule has 2 aromatic carbocycles. The number of carbonyl (C=O) groups excluding carboxylic acids is 2. The Morgan fingerprint density at radius 2 is 1.82 bits per heavy atom. The van der Waals surface area contributed by atoms with Gasteiger partial charge in [-0.05, 0) is 30.2 Å². The van der Waals surface area contributed by atoms with E-state index >= 15 is 0 Å². The zero-order valence-corrected chi connectivity index (χ0v) is 13.2. The van der Waals surface area contributed by atoms with Gasteiger partial charge in [-0.25, -0.2) is 0 Å². The smallest absolute Gasteiger partial charge is 0.324 e. The summed E-state index contributed by atoms with van der Waals surface area (Å²) in [7, 11) is 0. The normalized spacial score (nSPS) is 23.5. The van der Waals surface area contributed by atoms with Crippen molar-refractivity contribution in [1.82, 2.24) is 0 Å². The molecular weight excluding hydrogens is 276 g/mol. The third-order valence-corrected chi connectivity index (χ3v) is 4.45. The Kier molecular flexibility index (Phi) is 3.32. The van der Waals surface area contributed by atoms with Crippen LogP contribution in [-0.4, -0.2) is 17.4 Å². The van der Waals surface area contributed by atoms with Gasteiger partial charge in [0.05, 0.1) is 0 Å². The maximum absolute atomic E-state index is 12.8. The molecule has 0 amide bonds. The molecule has 1 atom stereocenters. The van der Waals surface area contributed by atoms with Gasteiger partial charge in [0.2, 0.25) is 0 Å². The molecule has 0 saturated carbocycles. The zero-order chi connectivity index (χ0) is 16.0. The van der Waals surface area contributed by atoms with Crippen molar-refractivity contribution in [3.05, 3.63) is 48.0 Å². The molecule has 1 aliphatic rings. The molecule has 22 heavy (non-hydrogen) atoms. The van der Waals surface area contributed by atoms with Crippen molar-refractivity contribution < 1.29 is 14.3 Å². The van der Waals surface area contributed by atoms with E-state index in [4.69, 9.17) is 4.74 Å². The van der Waals surface area contributed by atoms with Gasteiger partial charge in [-0.2, -0.15) is 0 Å². The number of ketones is 1. The quantitative estimate of drug-likeness (QED) is 0.639. The fraction of sp³-hybridized carbons (Fsp3) is 0.368. The van der Waals surface area contributed by atoms with Crippen molar-refractivity contribution in [1.29, 1.82) is 0 Å². The predicted octanol–water partition coefficient (Wildman–Crippen LogP) is 3.78. The van der Waals surface area contributed by atoms with Gasteiger partial charge in [0, 0.05) is 12.8 Å². The van der Waals surface area contributed by atoms with Gasteiger partial charge >= 0.3 is 5.97 Å². The van der Waals surface area contributed by atoms with E-state index in [1.807, 2.05) is 56.3 Å². The second-order valence-corrected chi connectivity index (χ2v) is 6.53. The van der Waals surface area contributed by atoms with E-state index in [2.05, 4.69) is 0 Å². The Hall–Kier alpha value is -2.16. The molecule has 0 spiro atoms. The summed E-state index contributed by atoms with van der Waals surface area (Å²) in [6.45, 7) is 5.52. The molecule has 3 nitrogen and oxygen atoms in total. The SMILES string of the molecule is CCC(=O)[C@@]1(c2cccc3ccccc23)CC(C)(C)OC1=O. The highest BCUT2D eigenvalue weighted by atomic mass is 16.6. The van der Waals surface area contributed by atoms with Crippen LogP contribution in [0, 0.1) is 0 Å². The minimum Gasteiger partial charge on any atom is -0.459 e. The number of benzene rings is 2. The topological polar surface area (TPSA) is 43.4 Å². The molecule has 1 saturated heterocycles. The lowest BCUT2D eigenvalue weighted by Gasteiger charge is -2.26. The number of Topliss-reactive ketones (excluding diaryl/α,β-unsaturated/α-hetero) is 1. The first-order valence-electron chi connectivity index (χ1n) is 7.66. The van der Waals surface area contributed by atoms with E-state index in [1.54, 1.807) is 6.92 Å². The van der Waals surface area contributed by atoms with E-state index in [0.29, 0.717) is 12.8 Å². The molecule has 0 aliphatic carbocycles. The minimum absolute atomic E-state index is 0.0700. The second-order valence-electron chi connectivity index (χ2n) is 6.53. The Morgan fingerprint density at radius 1 is 1.14 bits per heavy atom. The van der Waals surface area contributed by atoms with Crippen molar-refractivity contribution in [2.45, 2.75) is 44.6 Å². The lowest BCUT2D eigenvalue weighted by molar-refractivity contribution is -0.151. The monoisotopic (exact) mass is 296 g/mol. The van der Waals surface area contributed by atoms with Gasteiger partial charge < -0.3 is 4.74 Å². The standard InChI is InChI=1S/C19H20O3/c1-4-16(20)19(12-18(2,3)22-17(19)21)15-11-7-9-13-8-5-6-10-14(13)15/h5-11H,4,12H2,1-3H3/t19-/m0/s1. The van der Waals surface area contributed by atoms with Crippen molar-refractivity contribution in [3.8, 4) is 0 Å². The molecule has 0 bridgehead atoms. The van der Waals surface area contributed by atoms with E-state index < -0.39 is 17.0 Å². The summed E-state index contributed by atoms with van der Waals surface area (Å²) >= 11 is 0. The van der Waals surface area contributed by atoms with E-state index in [1.165, 1.54) is 0 Å². The Labute approximate surface area is 130 Å². The summed E-state index contributed by atoms with van der Waals surface area (Å²) in [6, 6.07) is 13.6. The fourth-order valence-electron chi connectivity index (χ4n) is 3.55. The molecule has 0 aromatic heterocycles. The highest BCUT2D eigenvalue weighted by Gasteiger charge is 2.58. The summed E-state index contributed by atoms with van der Waals surface area (Å²) in [4.78, 5) is 25.5. The van der Waals surface area contributed by atoms with Crippen molar-refractivity contribution in [2.24, 2.45) is 0 Å². The van der Waals surface area contributed by atoms with Gasteiger partial charge in [-0.1, -0.05) is 49.4 Å². The molecule has 3 heteroatoms. The van der Waals surface area contributed by atoms with Gasteiger partial charge in [-0.3, -0.25) is 9.59 Å². The molecule has 0 radical (unpaired) electrons.